The maximum absolute atomic E-state index is 2.46. The molecular formula is C17H23I. The van der Waals surface area contributed by atoms with E-state index in [-0.39, 0.29) is 5.41 Å². The highest BCUT2D eigenvalue weighted by atomic mass is 127. The summed E-state index contributed by atoms with van der Waals surface area (Å²) in [7, 11) is 0. The molecule has 0 aromatic carbocycles. The van der Waals surface area contributed by atoms with Gasteiger partial charge in [-0.15, -0.1) is 0 Å². The summed E-state index contributed by atoms with van der Waals surface area (Å²) in [6.07, 6.45) is 10.7. The van der Waals surface area contributed by atoms with Crippen molar-refractivity contribution in [2.45, 2.75) is 45.0 Å². The number of allylic oxidation sites excluding steroid dienone is 8. The van der Waals surface area contributed by atoms with Crippen molar-refractivity contribution in [3.8, 4) is 0 Å². The van der Waals surface area contributed by atoms with Crippen LogP contribution in [0.4, 0.5) is 0 Å². The Kier molecular flexibility index (Phi) is 3.91. The maximum Gasteiger partial charge on any atom is 0.0264 e. The maximum atomic E-state index is 2.46. The second-order valence-electron chi connectivity index (χ2n) is 6.08. The van der Waals surface area contributed by atoms with Crippen molar-refractivity contribution in [3.05, 3.63) is 46.6 Å². The van der Waals surface area contributed by atoms with Gasteiger partial charge in [-0.05, 0) is 32.8 Å². The summed E-state index contributed by atoms with van der Waals surface area (Å²) in [5.41, 5.74) is 6.37. The lowest BCUT2D eigenvalue weighted by Gasteiger charge is -2.28. The molecule has 0 amide bonds. The molecule has 2 aliphatic carbocycles. The molecule has 0 aromatic rings. The summed E-state index contributed by atoms with van der Waals surface area (Å²) < 4.78 is 0.597. The second-order valence-corrected chi connectivity index (χ2v) is 8.04. The van der Waals surface area contributed by atoms with E-state index in [2.05, 4.69) is 81.5 Å². The Balaban J connectivity index is 2.43. The van der Waals surface area contributed by atoms with Crippen LogP contribution in [-0.4, -0.2) is 3.92 Å². The molecule has 18 heavy (non-hydrogen) atoms. The molecule has 1 heteroatoms. The number of fused-ring (bicyclic) bond motifs is 1. The summed E-state index contributed by atoms with van der Waals surface area (Å²) in [4.78, 5) is 0. The summed E-state index contributed by atoms with van der Waals surface area (Å²) >= 11 is 2.46. The Hall–Kier alpha value is -0.310. The lowest BCUT2D eigenvalue weighted by Crippen LogP contribution is -2.16. The van der Waals surface area contributed by atoms with Gasteiger partial charge < -0.3 is 0 Å². The van der Waals surface area contributed by atoms with Gasteiger partial charge in [0.2, 0.25) is 0 Å². The van der Waals surface area contributed by atoms with Crippen LogP contribution in [0.25, 0.3) is 0 Å². The molecule has 2 atom stereocenters. The molecule has 0 N–H and O–H groups in total. The Bertz CT molecular complexity index is 470. The van der Waals surface area contributed by atoms with Crippen molar-refractivity contribution in [3.63, 3.8) is 0 Å². The van der Waals surface area contributed by atoms with Crippen LogP contribution in [0, 0.1) is 11.3 Å². The zero-order chi connectivity index (χ0) is 13.5. The van der Waals surface area contributed by atoms with Crippen molar-refractivity contribution in [1.29, 1.82) is 0 Å². The van der Waals surface area contributed by atoms with E-state index in [1.54, 1.807) is 16.7 Å². The van der Waals surface area contributed by atoms with E-state index in [1.165, 1.54) is 12.0 Å². The van der Waals surface area contributed by atoms with E-state index in [0.29, 0.717) is 9.84 Å². The Labute approximate surface area is 125 Å². The quantitative estimate of drug-likeness (QED) is 0.446. The predicted octanol–water partition coefficient (Wildman–Crippen LogP) is 5.62. The summed E-state index contributed by atoms with van der Waals surface area (Å²) in [6, 6.07) is 0. The van der Waals surface area contributed by atoms with Crippen LogP contribution in [0.2, 0.25) is 0 Å². The van der Waals surface area contributed by atoms with Crippen LogP contribution in [0.3, 0.4) is 0 Å². The van der Waals surface area contributed by atoms with Crippen LogP contribution in [0.15, 0.2) is 46.6 Å². The highest BCUT2D eigenvalue weighted by Gasteiger charge is 2.40. The molecule has 0 aromatic heterocycles. The normalized spacial score (nSPS) is 28.2. The van der Waals surface area contributed by atoms with Gasteiger partial charge >= 0.3 is 0 Å². The summed E-state index contributed by atoms with van der Waals surface area (Å²) in [5, 5.41) is 0. The average molecular weight is 354 g/mol. The van der Waals surface area contributed by atoms with Crippen molar-refractivity contribution in [1.82, 2.24) is 0 Å². The molecule has 0 heterocycles. The van der Waals surface area contributed by atoms with Gasteiger partial charge in [-0.1, -0.05) is 77.5 Å². The van der Waals surface area contributed by atoms with E-state index in [4.69, 9.17) is 0 Å². The van der Waals surface area contributed by atoms with Crippen molar-refractivity contribution in [2.24, 2.45) is 11.3 Å². The smallest absolute Gasteiger partial charge is 0.0264 e. The monoisotopic (exact) mass is 354 g/mol. The minimum Gasteiger partial charge on any atom is -0.0807 e. The third-order valence-electron chi connectivity index (χ3n) is 4.44. The summed E-state index contributed by atoms with van der Waals surface area (Å²) in [6.45, 7) is 11.5. The van der Waals surface area contributed by atoms with Crippen molar-refractivity contribution < 1.29 is 0 Å². The third kappa shape index (κ3) is 2.38. The van der Waals surface area contributed by atoms with Gasteiger partial charge in [-0.25, -0.2) is 0 Å². The second kappa shape index (κ2) is 4.99. The minimum atomic E-state index is 0.231. The molecule has 0 radical (unpaired) electrons. The largest absolute Gasteiger partial charge is 0.0807 e. The van der Waals surface area contributed by atoms with E-state index in [1.807, 2.05) is 0 Å². The standard InChI is InChI=1S/C17H23I/c1-11-6-8-15-14(9-7-12(2)18)13(3)17(4,5)16(15)10-11/h6-7,9-10,12,15H,8H2,1-5H3/b9-7-. The van der Waals surface area contributed by atoms with Crippen LogP contribution < -0.4 is 0 Å². The molecule has 0 saturated carbocycles. The van der Waals surface area contributed by atoms with Crippen LogP contribution in [-0.2, 0) is 0 Å². The van der Waals surface area contributed by atoms with Gasteiger partial charge in [-0.3, -0.25) is 0 Å². The van der Waals surface area contributed by atoms with Crippen LogP contribution in [0.1, 0.15) is 41.0 Å². The van der Waals surface area contributed by atoms with E-state index in [9.17, 15) is 0 Å². The molecule has 2 aliphatic rings. The first kappa shape index (κ1) is 14.1. The highest BCUT2D eigenvalue weighted by Crippen LogP contribution is 2.53. The molecule has 0 bridgehead atoms. The van der Waals surface area contributed by atoms with Gasteiger partial charge in [0.15, 0.2) is 0 Å². The molecule has 2 unspecified atom stereocenters. The fourth-order valence-corrected chi connectivity index (χ4v) is 3.27. The van der Waals surface area contributed by atoms with E-state index < -0.39 is 0 Å². The van der Waals surface area contributed by atoms with Crippen molar-refractivity contribution in [2.75, 3.05) is 0 Å². The third-order valence-corrected chi connectivity index (χ3v) is 4.86. The van der Waals surface area contributed by atoms with E-state index >= 15 is 0 Å². The van der Waals surface area contributed by atoms with Crippen LogP contribution >= 0.6 is 22.6 Å². The molecule has 0 spiro atoms. The first-order valence-corrected chi connectivity index (χ1v) is 8.01. The topological polar surface area (TPSA) is 0 Å². The van der Waals surface area contributed by atoms with Crippen molar-refractivity contribution >= 4 is 22.6 Å². The van der Waals surface area contributed by atoms with Crippen LogP contribution in [0.5, 0.6) is 0 Å². The zero-order valence-electron chi connectivity index (χ0n) is 12.0. The molecule has 2 rings (SSSR count). The van der Waals surface area contributed by atoms with Gasteiger partial charge in [0, 0.05) is 15.3 Å². The number of halogens is 1. The minimum absolute atomic E-state index is 0.231. The lowest BCUT2D eigenvalue weighted by molar-refractivity contribution is 0.519. The van der Waals surface area contributed by atoms with E-state index in [0.717, 1.165) is 0 Å². The molecule has 98 valence electrons. The fourth-order valence-electron chi connectivity index (χ4n) is 3.06. The molecule has 0 aliphatic heterocycles. The highest BCUT2D eigenvalue weighted by molar-refractivity contribution is 14.1. The Morgan fingerprint density at radius 3 is 2.67 bits per heavy atom. The lowest BCUT2D eigenvalue weighted by atomic mass is 9.76. The molecular weight excluding hydrogens is 331 g/mol. The Morgan fingerprint density at radius 2 is 2.06 bits per heavy atom. The number of hydrogen-bond acceptors (Lipinski definition) is 0. The zero-order valence-corrected chi connectivity index (χ0v) is 14.2. The number of rotatable bonds is 2. The number of alkyl halides is 1. The van der Waals surface area contributed by atoms with Gasteiger partial charge in [0.05, 0.1) is 0 Å². The molecule has 0 nitrogen and oxygen atoms in total. The molecule has 0 saturated heterocycles. The Morgan fingerprint density at radius 1 is 1.39 bits per heavy atom. The fraction of sp³-hybridized carbons (Fsp3) is 0.529. The number of hydrogen-bond donors (Lipinski definition) is 0. The van der Waals surface area contributed by atoms with Gasteiger partial charge in [0.1, 0.15) is 0 Å². The average Bonchev–Trinajstić information content (AvgIpc) is 2.46. The van der Waals surface area contributed by atoms with Gasteiger partial charge in [0.25, 0.3) is 0 Å². The summed E-state index contributed by atoms with van der Waals surface area (Å²) in [5.74, 6) is 0.620. The first-order chi connectivity index (χ1) is 8.34. The molecule has 0 fully saturated rings. The first-order valence-electron chi connectivity index (χ1n) is 6.76. The SMILES string of the molecule is CC1=CCC2C(=C1)C(C)(C)C(C)=C2/C=C\C(C)I. The predicted molar refractivity (Wildman–Crippen MR) is 89.1 cm³/mol. The van der Waals surface area contributed by atoms with Gasteiger partial charge in [-0.2, -0.15) is 0 Å².